The third-order valence-corrected chi connectivity index (χ3v) is 4.38. The fraction of sp³-hybridized carbons (Fsp3) is 0.182. The Bertz CT molecular complexity index is 600. The second-order valence-corrected chi connectivity index (χ2v) is 5.92. The fourth-order valence-corrected chi connectivity index (χ4v) is 3.05. The van der Waals surface area contributed by atoms with E-state index in [0.717, 1.165) is 14.4 Å². The Morgan fingerprint density at radius 2 is 2.17 bits per heavy atom. The first-order chi connectivity index (χ1) is 8.61. The summed E-state index contributed by atoms with van der Waals surface area (Å²) >= 11 is 2.91. The lowest BCUT2D eigenvalue weighted by Gasteiger charge is -2.04. The molecule has 0 atom stereocenters. The highest BCUT2D eigenvalue weighted by Crippen LogP contribution is 2.36. The molecule has 2 N–H and O–H groups in total. The van der Waals surface area contributed by atoms with Crippen molar-refractivity contribution in [2.24, 2.45) is 0 Å². The Kier molecular flexibility index (Phi) is 3.69. The molecule has 0 amide bonds. The molecule has 0 aliphatic rings. The number of hydrogen-bond acceptors (Lipinski definition) is 7. The van der Waals surface area contributed by atoms with Crippen LogP contribution in [0.2, 0.25) is 0 Å². The van der Waals surface area contributed by atoms with Crippen LogP contribution in [0.25, 0.3) is 0 Å². The molecule has 0 saturated heterocycles. The summed E-state index contributed by atoms with van der Waals surface area (Å²) in [6.07, 6.45) is 0. The second kappa shape index (κ2) is 5.25. The lowest BCUT2D eigenvalue weighted by Crippen LogP contribution is -2.07. The summed E-state index contributed by atoms with van der Waals surface area (Å²) in [5.74, 6) is 0. The van der Waals surface area contributed by atoms with E-state index in [1.165, 1.54) is 23.1 Å². The van der Waals surface area contributed by atoms with Gasteiger partial charge in [0, 0.05) is 19.0 Å². The van der Waals surface area contributed by atoms with E-state index in [-0.39, 0.29) is 0 Å². The molecule has 0 spiro atoms. The van der Waals surface area contributed by atoms with Crippen molar-refractivity contribution in [2.45, 2.75) is 9.24 Å². The van der Waals surface area contributed by atoms with Crippen molar-refractivity contribution in [3.05, 3.63) is 23.8 Å². The Labute approximate surface area is 113 Å². The van der Waals surface area contributed by atoms with Crippen molar-refractivity contribution in [1.29, 1.82) is 5.26 Å². The number of nitrogens with two attached hydrogens (primary N) is 1. The summed E-state index contributed by atoms with van der Waals surface area (Å²) in [7, 11) is 3.83. The average molecular weight is 277 g/mol. The summed E-state index contributed by atoms with van der Waals surface area (Å²) < 4.78 is 0.806. The first kappa shape index (κ1) is 12.7. The molecule has 0 aliphatic heterocycles. The van der Waals surface area contributed by atoms with Gasteiger partial charge >= 0.3 is 0 Å². The molecule has 0 bridgehead atoms. The summed E-state index contributed by atoms with van der Waals surface area (Å²) in [4.78, 5) is 2.73. The summed E-state index contributed by atoms with van der Waals surface area (Å²) in [5.41, 5.74) is 6.89. The number of para-hydroxylation sites is 1. The molecule has 2 rings (SSSR count). The Hall–Kier alpha value is -1.78. The predicted molar refractivity (Wildman–Crippen MR) is 73.9 cm³/mol. The smallest absolute Gasteiger partial charge is 0.208 e. The van der Waals surface area contributed by atoms with Crippen molar-refractivity contribution in [1.82, 2.24) is 10.2 Å². The van der Waals surface area contributed by atoms with E-state index in [0.29, 0.717) is 11.3 Å². The van der Waals surface area contributed by atoms with Gasteiger partial charge in [-0.05, 0) is 12.1 Å². The topological polar surface area (TPSA) is 78.8 Å². The van der Waals surface area contributed by atoms with Crippen LogP contribution >= 0.6 is 23.1 Å². The van der Waals surface area contributed by atoms with E-state index in [1.54, 1.807) is 6.07 Å². The predicted octanol–water partition coefficient (Wildman–Crippen LogP) is 2.21. The van der Waals surface area contributed by atoms with Crippen molar-refractivity contribution < 1.29 is 0 Å². The SMILES string of the molecule is CN(C)c1nnc(Sc2cccc(C#N)c2N)s1. The monoisotopic (exact) mass is 277 g/mol. The van der Waals surface area contributed by atoms with Crippen LogP contribution in [0.15, 0.2) is 27.4 Å². The van der Waals surface area contributed by atoms with Crippen LogP contribution in [-0.4, -0.2) is 24.3 Å². The molecule has 1 aromatic heterocycles. The van der Waals surface area contributed by atoms with Gasteiger partial charge in [0.1, 0.15) is 6.07 Å². The molecule has 0 aliphatic carbocycles. The summed E-state index contributed by atoms with van der Waals surface area (Å²) in [6, 6.07) is 7.45. The number of benzene rings is 1. The highest BCUT2D eigenvalue weighted by molar-refractivity contribution is 8.01. The van der Waals surface area contributed by atoms with Crippen LogP contribution in [0.1, 0.15) is 5.56 Å². The Balaban J connectivity index is 2.26. The van der Waals surface area contributed by atoms with Gasteiger partial charge in [-0.2, -0.15) is 5.26 Å². The van der Waals surface area contributed by atoms with E-state index in [1.807, 2.05) is 31.1 Å². The van der Waals surface area contributed by atoms with E-state index < -0.39 is 0 Å². The molecular weight excluding hydrogens is 266 g/mol. The number of hydrogen-bond donors (Lipinski definition) is 1. The molecule has 92 valence electrons. The first-order valence-corrected chi connectivity index (χ1v) is 6.72. The Morgan fingerprint density at radius 1 is 1.39 bits per heavy atom. The third-order valence-electron chi connectivity index (χ3n) is 2.16. The average Bonchev–Trinajstić information content (AvgIpc) is 2.80. The zero-order valence-corrected chi connectivity index (χ0v) is 11.5. The van der Waals surface area contributed by atoms with Gasteiger partial charge in [0.25, 0.3) is 0 Å². The van der Waals surface area contributed by atoms with Gasteiger partial charge in [-0.1, -0.05) is 29.2 Å². The van der Waals surface area contributed by atoms with E-state index in [9.17, 15) is 0 Å². The van der Waals surface area contributed by atoms with Crippen molar-refractivity contribution in [3.63, 3.8) is 0 Å². The zero-order chi connectivity index (χ0) is 13.1. The minimum atomic E-state index is 0.484. The van der Waals surface area contributed by atoms with E-state index in [4.69, 9.17) is 11.0 Å². The van der Waals surface area contributed by atoms with Gasteiger partial charge in [0.05, 0.1) is 11.3 Å². The summed E-state index contributed by atoms with van der Waals surface area (Å²) in [5, 5.41) is 17.9. The number of rotatable bonds is 3. The maximum atomic E-state index is 8.91. The molecule has 0 saturated carbocycles. The normalized spacial score (nSPS) is 10.1. The molecule has 0 unspecified atom stereocenters. The lowest BCUT2D eigenvalue weighted by molar-refractivity contribution is 0.973. The number of aromatic nitrogens is 2. The molecule has 7 heteroatoms. The standard InChI is InChI=1S/C11H11N5S2/c1-16(2)10-14-15-11(18-10)17-8-5-3-4-7(6-12)9(8)13/h3-5H,13H2,1-2H3. The van der Waals surface area contributed by atoms with Crippen LogP contribution in [0, 0.1) is 11.3 Å². The van der Waals surface area contributed by atoms with Crippen LogP contribution in [-0.2, 0) is 0 Å². The number of nitrogens with zero attached hydrogens (tertiary/aromatic N) is 4. The maximum Gasteiger partial charge on any atom is 0.208 e. The van der Waals surface area contributed by atoms with E-state index in [2.05, 4.69) is 16.3 Å². The molecular formula is C11H11N5S2. The van der Waals surface area contributed by atoms with Crippen molar-refractivity contribution >= 4 is 33.9 Å². The van der Waals surface area contributed by atoms with Gasteiger partial charge in [-0.25, -0.2) is 0 Å². The Morgan fingerprint density at radius 3 is 2.78 bits per heavy atom. The van der Waals surface area contributed by atoms with Crippen molar-refractivity contribution in [3.8, 4) is 6.07 Å². The molecule has 5 nitrogen and oxygen atoms in total. The molecule has 18 heavy (non-hydrogen) atoms. The van der Waals surface area contributed by atoms with Gasteiger partial charge in [-0.15, -0.1) is 10.2 Å². The molecule has 2 aromatic rings. The van der Waals surface area contributed by atoms with Gasteiger partial charge < -0.3 is 10.6 Å². The first-order valence-electron chi connectivity index (χ1n) is 5.09. The molecule has 0 radical (unpaired) electrons. The lowest BCUT2D eigenvalue weighted by atomic mass is 10.2. The zero-order valence-electron chi connectivity index (χ0n) is 9.91. The van der Waals surface area contributed by atoms with Crippen LogP contribution in [0.4, 0.5) is 10.8 Å². The van der Waals surface area contributed by atoms with Gasteiger partial charge in [0.15, 0.2) is 4.34 Å². The molecule has 1 heterocycles. The third kappa shape index (κ3) is 2.55. The molecule has 1 aromatic carbocycles. The number of nitriles is 1. The van der Waals surface area contributed by atoms with Crippen LogP contribution < -0.4 is 10.6 Å². The van der Waals surface area contributed by atoms with Crippen LogP contribution in [0.5, 0.6) is 0 Å². The minimum Gasteiger partial charge on any atom is -0.397 e. The van der Waals surface area contributed by atoms with Crippen molar-refractivity contribution in [2.75, 3.05) is 24.7 Å². The highest BCUT2D eigenvalue weighted by Gasteiger charge is 2.11. The van der Waals surface area contributed by atoms with Gasteiger partial charge in [0.2, 0.25) is 5.13 Å². The largest absolute Gasteiger partial charge is 0.397 e. The van der Waals surface area contributed by atoms with E-state index >= 15 is 0 Å². The van der Waals surface area contributed by atoms with Crippen LogP contribution in [0.3, 0.4) is 0 Å². The fourth-order valence-electron chi connectivity index (χ4n) is 1.25. The summed E-state index contributed by atoms with van der Waals surface area (Å²) in [6.45, 7) is 0. The van der Waals surface area contributed by atoms with Gasteiger partial charge in [-0.3, -0.25) is 0 Å². The second-order valence-electron chi connectivity index (χ2n) is 3.68. The number of anilines is 2. The quantitative estimate of drug-likeness (QED) is 0.867. The molecule has 0 fully saturated rings. The minimum absolute atomic E-state index is 0.484. The maximum absolute atomic E-state index is 8.91. The highest BCUT2D eigenvalue weighted by atomic mass is 32.2. The number of nitrogen functional groups attached to an aromatic ring is 1.